The number of benzene rings is 1. The third-order valence-corrected chi connectivity index (χ3v) is 6.02. The summed E-state index contributed by atoms with van der Waals surface area (Å²) in [6, 6.07) is 1.56. The quantitative estimate of drug-likeness (QED) is 0.741. The Balaban J connectivity index is 2.14. The second-order valence-corrected chi connectivity index (χ2v) is 6.87. The highest BCUT2D eigenvalue weighted by atomic mass is 35.5. The van der Waals surface area contributed by atoms with Gasteiger partial charge in [0.1, 0.15) is 5.75 Å². The second-order valence-electron chi connectivity index (χ2n) is 6.49. The third-order valence-electron chi connectivity index (χ3n) is 5.53. The first-order valence-corrected chi connectivity index (χ1v) is 7.64. The Labute approximate surface area is 124 Å². The number of hydrogen-bond acceptors (Lipinski definition) is 3. The van der Waals surface area contributed by atoms with Crippen LogP contribution in [0.1, 0.15) is 61.5 Å². The van der Waals surface area contributed by atoms with Crippen LogP contribution in [0.2, 0.25) is 5.02 Å². The van der Waals surface area contributed by atoms with E-state index in [1.54, 1.807) is 13.0 Å². The summed E-state index contributed by atoms with van der Waals surface area (Å²) in [6.45, 7) is 3.67. The van der Waals surface area contributed by atoms with Gasteiger partial charge in [0.2, 0.25) is 0 Å². The number of rotatable bonds is 1. The van der Waals surface area contributed by atoms with E-state index in [0.717, 1.165) is 25.7 Å². The molecule has 0 heterocycles. The molecule has 3 nitrogen and oxygen atoms in total. The molecule has 1 saturated carbocycles. The average Bonchev–Trinajstić information content (AvgIpc) is 3.01. The van der Waals surface area contributed by atoms with Gasteiger partial charge in [-0.1, -0.05) is 31.4 Å². The number of hydrogen-bond donors (Lipinski definition) is 3. The van der Waals surface area contributed by atoms with Crippen molar-refractivity contribution in [2.75, 3.05) is 0 Å². The minimum absolute atomic E-state index is 0.0793. The lowest BCUT2D eigenvalue weighted by atomic mass is 9.70. The van der Waals surface area contributed by atoms with Crippen LogP contribution in [0.25, 0.3) is 0 Å². The van der Waals surface area contributed by atoms with E-state index in [1.165, 1.54) is 0 Å². The molecule has 0 bridgehead atoms. The van der Waals surface area contributed by atoms with Crippen molar-refractivity contribution in [3.8, 4) is 5.75 Å². The Hall–Kier alpha value is -0.770. The molecule has 0 amide bonds. The highest BCUT2D eigenvalue weighted by molar-refractivity contribution is 6.32. The van der Waals surface area contributed by atoms with Crippen LogP contribution in [0, 0.1) is 18.3 Å². The predicted molar refractivity (Wildman–Crippen MR) is 77.8 cm³/mol. The molecule has 0 aromatic heterocycles. The fourth-order valence-corrected chi connectivity index (χ4v) is 4.38. The molecule has 1 aromatic carbocycles. The van der Waals surface area contributed by atoms with Crippen LogP contribution in [0.3, 0.4) is 0 Å². The predicted octanol–water partition coefficient (Wildman–Crippen LogP) is 3.63. The van der Waals surface area contributed by atoms with Crippen LogP contribution in [-0.2, 0) is 0 Å². The molecule has 20 heavy (non-hydrogen) atoms. The van der Waals surface area contributed by atoms with Crippen LogP contribution in [0.5, 0.6) is 5.75 Å². The largest absolute Gasteiger partial charge is 0.508 e. The lowest BCUT2D eigenvalue weighted by molar-refractivity contribution is -0.0788. The van der Waals surface area contributed by atoms with E-state index in [1.807, 2.05) is 6.92 Å². The summed E-state index contributed by atoms with van der Waals surface area (Å²) in [4.78, 5) is 0. The molecule has 0 spiro atoms. The highest BCUT2D eigenvalue weighted by Gasteiger charge is 2.54. The molecule has 2 aliphatic rings. The van der Waals surface area contributed by atoms with Crippen molar-refractivity contribution in [1.29, 1.82) is 0 Å². The molecule has 3 atom stereocenters. The Kier molecular flexibility index (Phi) is 3.27. The van der Waals surface area contributed by atoms with Crippen molar-refractivity contribution in [2.45, 2.75) is 51.7 Å². The number of fused-ring (bicyclic) bond motifs is 1. The molecule has 3 unspecified atom stereocenters. The number of aliphatic hydroxyl groups is 2. The van der Waals surface area contributed by atoms with Gasteiger partial charge in [-0.05, 0) is 37.3 Å². The molecule has 1 aromatic rings. The summed E-state index contributed by atoms with van der Waals surface area (Å²) < 4.78 is 0. The monoisotopic (exact) mass is 296 g/mol. The average molecular weight is 297 g/mol. The van der Waals surface area contributed by atoms with E-state index in [4.69, 9.17) is 11.6 Å². The number of phenolic OH excluding ortho intramolecular Hbond substituents is 1. The normalized spacial score (nSPS) is 33.6. The zero-order chi connectivity index (χ0) is 14.7. The Morgan fingerprint density at radius 2 is 1.80 bits per heavy atom. The maximum atomic E-state index is 10.8. The van der Waals surface area contributed by atoms with Gasteiger partial charge in [-0.25, -0.2) is 0 Å². The fraction of sp³-hybridized carbons (Fsp3) is 0.625. The summed E-state index contributed by atoms with van der Waals surface area (Å²) in [5, 5.41) is 31.9. The van der Waals surface area contributed by atoms with Gasteiger partial charge in [-0.3, -0.25) is 0 Å². The molecule has 110 valence electrons. The maximum absolute atomic E-state index is 10.8. The SMILES string of the molecule is Cc1c(O)cc2c(c1Cl)C(O)C(C)(C1CCCC1)C2O. The zero-order valence-corrected chi connectivity index (χ0v) is 12.6. The molecule has 3 N–H and O–H groups in total. The Morgan fingerprint density at radius 1 is 1.20 bits per heavy atom. The van der Waals surface area contributed by atoms with Gasteiger partial charge in [0.05, 0.1) is 17.2 Å². The van der Waals surface area contributed by atoms with E-state index in [2.05, 4.69) is 0 Å². The van der Waals surface area contributed by atoms with Crippen LogP contribution in [0.15, 0.2) is 6.07 Å². The van der Waals surface area contributed by atoms with Crippen LogP contribution >= 0.6 is 11.6 Å². The third kappa shape index (κ3) is 1.66. The Morgan fingerprint density at radius 3 is 2.40 bits per heavy atom. The number of aliphatic hydroxyl groups excluding tert-OH is 2. The summed E-state index contributed by atoms with van der Waals surface area (Å²) in [5.74, 6) is 0.370. The molecular formula is C16H21ClO3. The first kappa shape index (κ1) is 14.2. The molecule has 1 fully saturated rings. The van der Waals surface area contributed by atoms with Gasteiger partial charge < -0.3 is 15.3 Å². The molecule has 0 aliphatic heterocycles. The molecule has 4 heteroatoms. The Bertz CT molecular complexity index is 551. The number of phenols is 1. The first-order chi connectivity index (χ1) is 9.39. The van der Waals surface area contributed by atoms with Crippen molar-refractivity contribution >= 4 is 11.6 Å². The van der Waals surface area contributed by atoms with E-state index in [-0.39, 0.29) is 5.75 Å². The van der Waals surface area contributed by atoms with E-state index < -0.39 is 17.6 Å². The maximum Gasteiger partial charge on any atom is 0.120 e. The van der Waals surface area contributed by atoms with Gasteiger partial charge in [-0.15, -0.1) is 0 Å². The van der Waals surface area contributed by atoms with E-state index in [9.17, 15) is 15.3 Å². The first-order valence-electron chi connectivity index (χ1n) is 7.27. The smallest absolute Gasteiger partial charge is 0.120 e. The highest BCUT2D eigenvalue weighted by Crippen LogP contribution is 2.62. The lowest BCUT2D eigenvalue weighted by Gasteiger charge is -2.38. The van der Waals surface area contributed by atoms with E-state index in [0.29, 0.717) is 27.6 Å². The molecule has 2 aliphatic carbocycles. The molecule has 3 rings (SSSR count). The van der Waals surface area contributed by atoms with Crippen LogP contribution < -0.4 is 0 Å². The van der Waals surface area contributed by atoms with Crippen molar-refractivity contribution in [3.63, 3.8) is 0 Å². The molecule has 0 saturated heterocycles. The second kappa shape index (κ2) is 4.62. The minimum Gasteiger partial charge on any atom is -0.508 e. The summed E-state index contributed by atoms with van der Waals surface area (Å²) in [5.41, 5.74) is 1.14. The fourth-order valence-electron chi connectivity index (χ4n) is 4.07. The summed E-state index contributed by atoms with van der Waals surface area (Å²) in [6.07, 6.45) is 2.80. The van der Waals surface area contributed by atoms with Crippen molar-refractivity contribution in [2.24, 2.45) is 11.3 Å². The van der Waals surface area contributed by atoms with Crippen molar-refractivity contribution in [1.82, 2.24) is 0 Å². The van der Waals surface area contributed by atoms with Gasteiger partial charge in [0.15, 0.2) is 0 Å². The van der Waals surface area contributed by atoms with Crippen molar-refractivity contribution < 1.29 is 15.3 Å². The van der Waals surface area contributed by atoms with Crippen molar-refractivity contribution in [3.05, 3.63) is 27.8 Å². The lowest BCUT2D eigenvalue weighted by Crippen LogP contribution is -2.33. The topological polar surface area (TPSA) is 60.7 Å². The summed E-state index contributed by atoms with van der Waals surface area (Å²) >= 11 is 6.31. The number of halogens is 1. The zero-order valence-electron chi connectivity index (χ0n) is 11.9. The van der Waals surface area contributed by atoms with Gasteiger partial charge in [0, 0.05) is 16.5 Å². The van der Waals surface area contributed by atoms with Gasteiger partial charge in [0.25, 0.3) is 0 Å². The van der Waals surface area contributed by atoms with Crippen LogP contribution in [-0.4, -0.2) is 15.3 Å². The standard InChI is InChI=1S/C16H21ClO3/c1-8-11(18)7-10-12(13(8)17)15(20)16(2,14(10)19)9-5-3-4-6-9/h7,9,14-15,18-20H,3-6H2,1-2H3. The van der Waals surface area contributed by atoms with E-state index >= 15 is 0 Å². The molecule has 0 radical (unpaired) electrons. The molecular weight excluding hydrogens is 276 g/mol. The minimum atomic E-state index is -0.778. The summed E-state index contributed by atoms with van der Waals surface area (Å²) in [7, 11) is 0. The van der Waals surface area contributed by atoms with Crippen LogP contribution in [0.4, 0.5) is 0 Å². The van der Waals surface area contributed by atoms with Gasteiger partial charge >= 0.3 is 0 Å². The number of aromatic hydroxyl groups is 1. The van der Waals surface area contributed by atoms with Gasteiger partial charge in [-0.2, -0.15) is 0 Å².